The van der Waals surface area contributed by atoms with Crippen molar-refractivity contribution >= 4 is 37.9 Å². The molecule has 0 atom stereocenters. The number of aromatic nitrogens is 1. The van der Waals surface area contributed by atoms with Gasteiger partial charge in [0, 0.05) is 27.8 Å². The van der Waals surface area contributed by atoms with Crippen LogP contribution in [0.2, 0.25) is 0 Å². The summed E-state index contributed by atoms with van der Waals surface area (Å²) >= 11 is 3.28. The molecule has 0 aliphatic carbocycles. The normalized spacial score (nSPS) is 11.0. The van der Waals surface area contributed by atoms with Gasteiger partial charge in [-0.2, -0.15) is 0 Å². The van der Waals surface area contributed by atoms with Crippen molar-refractivity contribution in [3.63, 3.8) is 0 Å². The minimum atomic E-state index is -4.00. The van der Waals surface area contributed by atoms with Crippen LogP contribution < -0.4 is 29.6 Å². The standard InChI is InChI=1S/C15H13BrN2O3S.Na/c1-11-9-13(16)4-5-14(11)15(19)18-22(20,21)8-6-12-3-2-7-17-10-12;/h2-10H,1H3,(H,18,19);/q;+1/p-1/b8-6+;. The Labute approximate surface area is 165 Å². The molecule has 0 bridgehead atoms. The van der Waals surface area contributed by atoms with Crippen LogP contribution in [0.4, 0.5) is 0 Å². The van der Waals surface area contributed by atoms with Crippen LogP contribution in [-0.4, -0.2) is 19.3 Å². The fourth-order valence-corrected chi connectivity index (χ4v) is 2.90. The van der Waals surface area contributed by atoms with Crippen LogP contribution in [0.25, 0.3) is 10.8 Å². The molecular formula is C15H12BrN2NaO3S. The SMILES string of the molecule is Cc1cc(Br)ccc1C(=O)[N-]S(=O)(=O)/C=C/c1cccnc1.[Na+]. The third-order valence-corrected chi connectivity index (χ3v) is 4.14. The number of carbonyl (C=O) groups is 1. The molecule has 1 aromatic heterocycles. The largest absolute Gasteiger partial charge is 1.00 e. The van der Waals surface area contributed by atoms with E-state index in [1.54, 1.807) is 37.4 Å². The molecule has 0 unspecified atom stereocenters. The summed E-state index contributed by atoms with van der Waals surface area (Å²) in [5, 5.41) is 0.885. The number of pyridine rings is 1. The van der Waals surface area contributed by atoms with Gasteiger partial charge in [-0.3, -0.25) is 4.98 Å². The van der Waals surface area contributed by atoms with Crippen LogP contribution in [0.5, 0.6) is 0 Å². The van der Waals surface area contributed by atoms with E-state index in [4.69, 9.17) is 0 Å². The number of sulfonamides is 1. The Morgan fingerprint density at radius 2 is 2.04 bits per heavy atom. The van der Waals surface area contributed by atoms with Gasteiger partial charge in [-0.25, -0.2) is 8.42 Å². The minimum absolute atomic E-state index is 0. The molecule has 0 saturated carbocycles. The Hall–Kier alpha value is -0.990. The molecule has 1 heterocycles. The molecule has 2 rings (SSSR count). The molecule has 0 fully saturated rings. The van der Waals surface area contributed by atoms with Crippen molar-refractivity contribution in [2.45, 2.75) is 6.92 Å². The molecule has 0 spiro atoms. The molecule has 8 heteroatoms. The van der Waals surface area contributed by atoms with Gasteiger partial charge >= 0.3 is 29.6 Å². The first-order valence-corrected chi connectivity index (χ1v) is 8.53. The van der Waals surface area contributed by atoms with Gasteiger partial charge in [-0.05, 0) is 42.3 Å². The first-order chi connectivity index (χ1) is 10.4. The van der Waals surface area contributed by atoms with Gasteiger partial charge in [0.15, 0.2) is 0 Å². The molecule has 1 amide bonds. The van der Waals surface area contributed by atoms with Crippen LogP contribution in [0.3, 0.4) is 0 Å². The summed E-state index contributed by atoms with van der Waals surface area (Å²) in [5.41, 5.74) is 1.50. The second-order valence-electron chi connectivity index (χ2n) is 4.46. The summed E-state index contributed by atoms with van der Waals surface area (Å²) in [6.07, 6.45) is 4.43. The smallest absolute Gasteiger partial charge is 0.538 e. The number of amides is 1. The van der Waals surface area contributed by atoms with Crippen molar-refractivity contribution in [2.24, 2.45) is 0 Å². The van der Waals surface area contributed by atoms with Crippen molar-refractivity contribution in [3.8, 4) is 0 Å². The monoisotopic (exact) mass is 402 g/mol. The molecular weight excluding hydrogens is 391 g/mol. The summed E-state index contributed by atoms with van der Waals surface area (Å²) in [6.45, 7) is 1.71. The zero-order valence-electron chi connectivity index (χ0n) is 12.6. The van der Waals surface area contributed by atoms with Gasteiger partial charge in [0.1, 0.15) is 10.0 Å². The van der Waals surface area contributed by atoms with Crippen molar-refractivity contribution in [3.05, 3.63) is 74.0 Å². The van der Waals surface area contributed by atoms with Crippen LogP contribution in [0, 0.1) is 6.92 Å². The molecule has 5 nitrogen and oxygen atoms in total. The predicted molar refractivity (Wildman–Crippen MR) is 88.8 cm³/mol. The van der Waals surface area contributed by atoms with Crippen LogP contribution in [0.15, 0.2) is 52.6 Å². The number of rotatable bonds is 4. The maximum absolute atomic E-state index is 12.0. The summed E-state index contributed by atoms with van der Waals surface area (Å²) in [6, 6.07) is 8.29. The van der Waals surface area contributed by atoms with Crippen LogP contribution in [0.1, 0.15) is 21.5 Å². The molecule has 0 N–H and O–H groups in total. The number of carbonyl (C=O) groups excluding carboxylic acids is 1. The second kappa shape index (κ2) is 8.75. The Bertz CT molecular complexity index is 824. The van der Waals surface area contributed by atoms with E-state index in [0.29, 0.717) is 11.1 Å². The quantitative estimate of drug-likeness (QED) is 0.704. The predicted octanol–water partition coefficient (Wildman–Crippen LogP) is 0.671. The van der Waals surface area contributed by atoms with Crippen molar-refractivity contribution in [2.75, 3.05) is 0 Å². The zero-order chi connectivity index (χ0) is 16.2. The average Bonchev–Trinajstić information content (AvgIpc) is 2.45. The first-order valence-electron chi connectivity index (χ1n) is 6.24. The summed E-state index contributed by atoms with van der Waals surface area (Å²) in [5.74, 6) is -0.791. The third kappa shape index (κ3) is 6.19. The fraction of sp³-hybridized carbons (Fsp3) is 0.0667. The summed E-state index contributed by atoms with van der Waals surface area (Å²) in [7, 11) is -4.00. The van der Waals surface area contributed by atoms with E-state index in [0.717, 1.165) is 9.88 Å². The molecule has 0 aliphatic rings. The van der Waals surface area contributed by atoms with Crippen molar-refractivity contribution in [1.29, 1.82) is 0 Å². The number of nitrogens with zero attached hydrogens (tertiary/aromatic N) is 2. The van der Waals surface area contributed by atoms with E-state index in [-0.39, 0.29) is 35.1 Å². The number of halogens is 1. The first kappa shape index (κ1) is 20.1. The second-order valence-corrected chi connectivity index (χ2v) is 6.86. The van der Waals surface area contributed by atoms with Crippen molar-refractivity contribution < 1.29 is 42.8 Å². The molecule has 2 aromatic rings. The molecule has 0 radical (unpaired) electrons. The van der Waals surface area contributed by atoms with E-state index in [1.165, 1.54) is 18.3 Å². The van der Waals surface area contributed by atoms with Gasteiger partial charge in [-0.1, -0.05) is 28.1 Å². The van der Waals surface area contributed by atoms with Crippen LogP contribution >= 0.6 is 15.9 Å². The Kier molecular flexibility index (Phi) is 7.63. The van der Waals surface area contributed by atoms with E-state index < -0.39 is 15.9 Å². The Morgan fingerprint density at radius 3 is 2.65 bits per heavy atom. The molecule has 1 aromatic carbocycles. The number of aryl methyl sites for hydroxylation is 1. The fourth-order valence-electron chi connectivity index (χ4n) is 1.70. The van der Waals surface area contributed by atoms with Gasteiger partial charge in [-0.15, -0.1) is 0 Å². The van der Waals surface area contributed by atoms with Gasteiger partial charge in [0.2, 0.25) is 0 Å². The maximum Gasteiger partial charge on any atom is 1.00 e. The zero-order valence-corrected chi connectivity index (χ0v) is 17.0. The minimum Gasteiger partial charge on any atom is -0.538 e. The Morgan fingerprint density at radius 1 is 1.30 bits per heavy atom. The topological polar surface area (TPSA) is 78.2 Å². The average molecular weight is 403 g/mol. The molecule has 23 heavy (non-hydrogen) atoms. The third-order valence-electron chi connectivity index (χ3n) is 2.75. The summed E-state index contributed by atoms with van der Waals surface area (Å²) < 4.78 is 27.8. The Balaban J connectivity index is 0.00000264. The van der Waals surface area contributed by atoms with E-state index >= 15 is 0 Å². The van der Waals surface area contributed by atoms with E-state index in [2.05, 4.69) is 25.6 Å². The molecule has 0 aliphatic heterocycles. The van der Waals surface area contributed by atoms with Gasteiger partial charge in [0.25, 0.3) is 0 Å². The van der Waals surface area contributed by atoms with E-state index in [9.17, 15) is 13.2 Å². The van der Waals surface area contributed by atoms with Gasteiger partial charge in [0.05, 0.1) is 5.91 Å². The number of hydrogen-bond donors (Lipinski definition) is 0. The van der Waals surface area contributed by atoms with Crippen molar-refractivity contribution in [1.82, 2.24) is 4.98 Å². The maximum atomic E-state index is 12.0. The summed E-state index contributed by atoms with van der Waals surface area (Å²) in [4.78, 5) is 15.9. The number of hydrogen-bond acceptors (Lipinski definition) is 4. The molecule has 0 saturated heterocycles. The number of benzene rings is 1. The van der Waals surface area contributed by atoms with Crippen LogP contribution in [-0.2, 0) is 10.0 Å². The van der Waals surface area contributed by atoms with E-state index in [1.807, 2.05) is 0 Å². The molecule has 114 valence electrons. The van der Waals surface area contributed by atoms with Gasteiger partial charge < -0.3 is 9.52 Å².